The van der Waals surface area contributed by atoms with Crippen LogP contribution in [0.2, 0.25) is 0 Å². The topological polar surface area (TPSA) is 41.1 Å². The lowest BCUT2D eigenvalue weighted by Crippen LogP contribution is -2.24. The van der Waals surface area contributed by atoms with Crippen LogP contribution in [0.5, 0.6) is 0 Å². The Balaban J connectivity index is 1.81. The molecule has 0 bridgehead atoms. The maximum Gasteiger partial charge on any atom is 0.278 e. The first-order chi connectivity index (χ1) is 16.3. The highest BCUT2D eigenvalue weighted by Gasteiger charge is 2.41. The number of halogens is 3. The number of benzene rings is 2. The molecule has 186 valence electrons. The van der Waals surface area contributed by atoms with Crippen molar-refractivity contribution in [3.8, 4) is 0 Å². The second kappa shape index (κ2) is 8.54. The standard InChI is InChI=1S/C28H33F3N4/c1-9-27(7)17(5)35(8)24-14-23-20(13-22(24)27)26(34-18(6)33-23)32-16(4)19-11-10-12-21(25(19)29)28(30,31)15(2)3/h10-16H,5,9H2,1-4,6-8H3,(H,32,33,34)/t16-,27?/m1/s1. The van der Waals surface area contributed by atoms with E-state index >= 15 is 4.39 Å². The van der Waals surface area contributed by atoms with Crippen molar-refractivity contribution in [1.82, 2.24) is 9.97 Å². The lowest BCUT2D eigenvalue weighted by atomic mass is 9.79. The summed E-state index contributed by atoms with van der Waals surface area (Å²) in [4.78, 5) is 11.3. The van der Waals surface area contributed by atoms with Crippen LogP contribution >= 0.6 is 0 Å². The van der Waals surface area contributed by atoms with Gasteiger partial charge in [0.1, 0.15) is 17.5 Å². The number of alkyl halides is 2. The molecule has 1 aromatic heterocycles. The molecule has 35 heavy (non-hydrogen) atoms. The molecule has 2 atom stereocenters. The lowest BCUT2D eigenvalue weighted by Gasteiger charge is -2.26. The molecular weight excluding hydrogens is 449 g/mol. The number of hydrogen-bond donors (Lipinski definition) is 1. The predicted octanol–water partition coefficient (Wildman–Crippen LogP) is 7.63. The van der Waals surface area contributed by atoms with E-state index in [2.05, 4.69) is 46.7 Å². The molecule has 0 amide bonds. The number of nitrogens with one attached hydrogen (secondary N) is 1. The van der Waals surface area contributed by atoms with Gasteiger partial charge in [0.15, 0.2) is 0 Å². The highest BCUT2D eigenvalue weighted by Crippen LogP contribution is 2.50. The van der Waals surface area contributed by atoms with E-state index in [0.29, 0.717) is 11.6 Å². The molecule has 1 aliphatic heterocycles. The van der Waals surface area contributed by atoms with E-state index < -0.39 is 29.3 Å². The number of rotatable bonds is 6. The lowest BCUT2D eigenvalue weighted by molar-refractivity contribution is -0.0545. The summed E-state index contributed by atoms with van der Waals surface area (Å²) in [5, 5.41) is 4.08. The number of hydrogen-bond acceptors (Lipinski definition) is 4. The third kappa shape index (κ3) is 3.85. The van der Waals surface area contributed by atoms with Gasteiger partial charge in [-0.25, -0.2) is 23.1 Å². The van der Waals surface area contributed by atoms with Gasteiger partial charge in [-0.3, -0.25) is 0 Å². The average molecular weight is 483 g/mol. The molecule has 0 aliphatic carbocycles. The Morgan fingerprint density at radius 3 is 2.49 bits per heavy atom. The Bertz CT molecular complexity index is 1320. The Morgan fingerprint density at radius 2 is 1.86 bits per heavy atom. The van der Waals surface area contributed by atoms with Gasteiger partial charge in [-0.05, 0) is 44.9 Å². The first-order valence-corrected chi connectivity index (χ1v) is 12.0. The van der Waals surface area contributed by atoms with Gasteiger partial charge < -0.3 is 10.2 Å². The SMILES string of the molecule is C=C1N(C)c2cc3nc(C)nc(N[C@H](C)c4cccc(C(F)(F)C(C)C)c4F)c3cc2C1(C)CC. The number of likely N-dealkylation sites (N-methyl/N-ethyl adjacent to an activating group) is 1. The molecule has 1 N–H and O–H groups in total. The molecule has 7 heteroatoms. The van der Waals surface area contributed by atoms with E-state index in [1.807, 2.05) is 13.1 Å². The van der Waals surface area contributed by atoms with Crippen LogP contribution in [0.4, 0.5) is 24.7 Å². The molecule has 1 unspecified atom stereocenters. The van der Waals surface area contributed by atoms with E-state index in [-0.39, 0.29) is 11.0 Å². The van der Waals surface area contributed by atoms with Crippen LogP contribution in [0.15, 0.2) is 42.6 Å². The third-order valence-corrected chi connectivity index (χ3v) is 7.56. The van der Waals surface area contributed by atoms with E-state index in [9.17, 15) is 8.78 Å². The number of fused-ring (bicyclic) bond motifs is 2. The Labute approximate surface area is 205 Å². The number of anilines is 2. The highest BCUT2D eigenvalue weighted by molar-refractivity contribution is 5.94. The summed E-state index contributed by atoms with van der Waals surface area (Å²) in [6, 6.07) is 7.69. The van der Waals surface area contributed by atoms with E-state index in [0.717, 1.165) is 40.3 Å². The largest absolute Gasteiger partial charge is 0.363 e. The smallest absolute Gasteiger partial charge is 0.278 e. The second-order valence-electron chi connectivity index (χ2n) is 10.0. The Hall–Kier alpha value is -3.09. The Kier molecular flexibility index (Phi) is 6.10. The molecule has 3 aromatic rings. The summed E-state index contributed by atoms with van der Waals surface area (Å²) < 4.78 is 44.7. The molecule has 2 heterocycles. The zero-order valence-corrected chi connectivity index (χ0v) is 21.4. The first kappa shape index (κ1) is 25.0. The summed E-state index contributed by atoms with van der Waals surface area (Å²) in [6.45, 7) is 14.9. The minimum atomic E-state index is -3.27. The number of nitrogens with zero attached hydrogens (tertiary/aromatic N) is 3. The summed E-state index contributed by atoms with van der Waals surface area (Å²) in [5.74, 6) is -4.07. The normalized spacial score (nSPS) is 18.9. The third-order valence-electron chi connectivity index (χ3n) is 7.56. The molecule has 0 saturated carbocycles. The van der Waals surface area contributed by atoms with Crippen LogP contribution in [-0.2, 0) is 11.3 Å². The summed E-state index contributed by atoms with van der Waals surface area (Å²) >= 11 is 0. The quantitative estimate of drug-likeness (QED) is 0.392. The molecular formula is C28H33F3N4. The molecule has 4 nitrogen and oxygen atoms in total. The van der Waals surface area contributed by atoms with Crippen molar-refractivity contribution < 1.29 is 13.2 Å². The van der Waals surface area contributed by atoms with Gasteiger partial charge in [0.25, 0.3) is 5.92 Å². The van der Waals surface area contributed by atoms with Crippen LogP contribution in [0, 0.1) is 18.7 Å². The molecule has 0 spiro atoms. The minimum Gasteiger partial charge on any atom is -0.363 e. The fourth-order valence-corrected chi connectivity index (χ4v) is 4.91. The summed E-state index contributed by atoms with van der Waals surface area (Å²) in [5.41, 5.74) is 3.32. The zero-order chi connectivity index (χ0) is 25.9. The van der Waals surface area contributed by atoms with Gasteiger partial charge in [-0.1, -0.05) is 45.5 Å². The molecule has 2 aromatic carbocycles. The Morgan fingerprint density at radius 1 is 1.17 bits per heavy atom. The van der Waals surface area contributed by atoms with E-state index in [1.54, 1.807) is 13.8 Å². The van der Waals surface area contributed by atoms with Gasteiger partial charge in [-0.2, -0.15) is 0 Å². The van der Waals surface area contributed by atoms with Crippen molar-refractivity contribution in [2.75, 3.05) is 17.3 Å². The van der Waals surface area contributed by atoms with Crippen molar-refractivity contribution in [3.63, 3.8) is 0 Å². The molecule has 0 radical (unpaired) electrons. The number of aromatic nitrogens is 2. The maximum absolute atomic E-state index is 15.3. The predicted molar refractivity (Wildman–Crippen MR) is 137 cm³/mol. The monoisotopic (exact) mass is 482 g/mol. The van der Waals surface area contributed by atoms with E-state index in [1.165, 1.54) is 26.0 Å². The minimum absolute atomic E-state index is 0.167. The van der Waals surface area contributed by atoms with Crippen LogP contribution in [-0.4, -0.2) is 17.0 Å². The van der Waals surface area contributed by atoms with Crippen molar-refractivity contribution in [2.45, 2.75) is 65.3 Å². The van der Waals surface area contributed by atoms with Crippen LogP contribution in [0.3, 0.4) is 0 Å². The molecule has 1 aliphatic rings. The van der Waals surface area contributed by atoms with E-state index in [4.69, 9.17) is 0 Å². The molecule has 0 saturated heterocycles. The van der Waals surface area contributed by atoms with Gasteiger partial charge in [0, 0.05) is 40.7 Å². The van der Waals surface area contributed by atoms with Gasteiger partial charge in [0.05, 0.1) is 17.1 Å². The van der Waals surface area contributed by atoms with Crippen LogP contribution in [0.25, 0.3) is 10.9 Å². The van der Waals surface area contributed by atoms with Crippen molar-refractivity contribution in [1.29, 1.82) is 0 Å². The van der Waals surface area contributed by atoms with Crippen LogP contribution < -0.4 is 10.2 Å². The maximum atomic E-state index is 15.3. The van der Waals surface area contributed by atoms with Gasteiger partial charge in [0.2, 0.25) is 0 Å². The highest BCUT2D eigenvalue weighted by atomic mass is 19.3. The first-order valence-electron chi connectivity index (χ1n) is 12.0. The number of aryl methyl sites for hydroxylation is 1. The average Bonchev–Trinajstić information content (AvgIpc) is 2.98. The molecule has 4 rings (SSSR count). The van der Waals surface area contributed by atoms with Crippen molar-refractivity contribution >= 4 is 22.4 Å². The van der Waals surface area contributed by atoms with Crippen LogP contribution in [0.1, 0.15) is 69.6 Å². The fourth-order valence-electron chi connectivity index (χ4n) is 4.91. The second-order valence-corrected chi connectivity index (χ2v) is 10.0. The fraction of sp³-hybridized carbons (Fsp3) is 0.429. The zero-order valence-electron chi connectivity index (χ0n) is 21.4. The number of allylic oxidation sites excluding steroid dienone is 1. The van der Waals surface area contributed by atoms with Crippen molar-refractivity contribution in [2.24, 2.45) is 5.92 Å². The summed E-state index contributed by atoms with van der Waals surface area (Å²) in [7, 11) is 2.01. The van der Waals surface area contributed by atoms with Gasteiger partial charge >= 0.3 is 0 Å². The molecule has 0 fully saturated rings. The summed E-state index contributed by atoms with van der Waals surface area (Å²) in [6.07, 6.45) is 0.878. The van der Waals surface area contributed by atoms with Gasteiger partial charge in [-0.15, -0.1) is 0 Å². The van der Waals surface area contributed by atoms with Crippen molar-refractivity contribution in [3.05, 3.63) is 70.9 Å².